The van der Waals surface area contributed by atoms with Gasteiger partial charge in [-0.2, -0.15) is 4.98 Å². The van der Waals surface area contributed by atoms with E-state index in [1.54, 1.807) is 6.07 Å². The zero-order valence-electron chi connectivity index (χ0n) is 11.3. The number of aromatic nitrogens is 2. The highest BCUT2D eigenvalue weighted by molar-refractivity contribution is 6.33. The number of anilines is 2. The molecule has 2 N–H and O–H groups in total. The summed E-state index contributed by atoms with van der Waals surface area (Å²) < 4.78 is 5.39. The Hall–Kier alpha value is -2.34. The van der Waals surface area contributed by atoms with Crippen LogP contribution in [0.3, 0.4) is 0 Å². The van der Waals surface area contributed by atoms with E-state index in [1.165, 1.54) is 24.5 Å². The molecule has 0 fully saturated rings. The van der Waals surface area contributed by atoms with Gasteiger partial charge in [0.2, 0.25) is 5.88 Å². The Balaban J connectivity index is 2.16. The fraction of sp³-hybridized carbons (Fsp3) is 0.214. The van der Waals surface area contributed by atoms with Crippen molar-refractivity contribution in [3.63, 3.8) is 0 Å². The fourth-order valence-electron chi connectivity index (χ4n) is 1.57. The van der Waals surface area contributed by atoms with Gasteiger partial charge in [-0.15, -0.1) is 0 Å². The number of carboxylic acid groups (broad SMARTS) is 1. The monoisotopic (exact) mass is 307 g/mol. The number of halogens is 1. The van der Waals surface area contributed by atoms with Crippen LogP contribution in [0.5, 0.6) is 5.88 Å². The summed E-state index contributed by atoms with van der Waals surface area (Å²) in [6, 6.07) is 4.41. The van der Waals surface area contributed by atoms with Crippen LogP contribution in [0.15, 0.2) is 30.6 Å². The molecular formula is C14H14ClN3O3. The minimum Gasteiger partial charge on any atom is -0.478 e. The van der Waals surface area contributed by atoms with Crippen LogP contribution < -0.4 is 10.1 Å². The first-order chi connectivity index (χ1) is 10.1. The zero-order chi connectivity index (χ0) is 15.2. The number of hydrogen-bond donors (Lipinski definition) is 2. The molecule has 2 rings (SSSR count). The highest BCUT2D eigenvalue weighted by atomic mass is 35.5. The Morgan fingerprint density at radius 2 is 2.24 bits per heavy atom. The summed E-state index contributed by atoms with van der Waals surface area (Å²) in [5.74, 6) is -0.146. The van der Waals surface area contributed by atoms with E-state index in [9.17, 15) is 4.79 Å². The van der Waals surface area contributed by atoms with Crippen LogP contribution >= 0.6 is 11.6 Å². The maximum Gasteiger partial charge on any atom is 0.335 e. The molecule has 2 aromatic rings. The van der Waals surface area contributed by atoms with Crippen molar-refractivity contribution >= 4 is 29.1 Å². The van der Waals surface area contributed by atoms with Gasteiger partial charge >= 0.3 is 5.97 Å². The van der Waals surface area contributed by atoms with Gasteiger partial charge in [-0.1, -0.05) is 18.5 Å². The number of hydrogen-bond acceptors (Lipinski definition) is 5. The quantitative estimate of drug-likeness (QED) is 0.851. The van der Waals surface area contributed by atoms with Gasteiger partial charge in [-0.05, 0) is 24.6 Å². The van der Waals surface area contributed by atoms with E-state index in [1.807, 2.05) is 6.92 Å². The van der Waals surface area contributed by atoms with Crippen molar-refractivity contribution in [2.24, 2.45) is 0 Å². The van der Waals surface area contributed by atoms with Crippen molar-refractivity contribution in [3.05, 3.63) is 41.2 Å². The molecule has 110 valence electrons. The van der Waals surface area contributed by atoms with Crippen LogP contribution in [0, 0.1) is 0 Å². The molecule has 0 aliphatic rings. The zero-order valence-corrected chi connectivity index (χ0v) is 12.1. The number of ether oxygens (including phenoxy) is 1. The summed E-state index contributed by atoms with van der Waals surface area (Å²) >= 11 is 6.04. The highest BCUT2D eigenvalue weighted by Gasteiger charge is 2.08. The van der Waals surface area contributed by atoms with E-state index in [0.717, 1.165) is 6.42 Å². The summed E-state index contributed by atoms with van der Waals surface area (Å²) in [7, 11) is 0. The van der Waals surface area contributed by atoms with Crippen LogP contribution in [0.25, 0.3) is 0 Å². The topological polar surface area (TPSA) is 84.3 Å². The number of carboxylic acids is 1. The van der Waals surface area contributed by atoms with E-state index in [0.29, 0.717) is 24.0 Å². The molecule has 0 saturated carbocycles. The predicted molar refractivity (Wildman–Crippen MR) is 79.5 cm³/mol. The van der Waals surface area contributed by atoms with Crippen molar-refractivity contribution in [3.8, 4) is 5.88 Å². The predicted octanol–water partition coefficient (Wildman–Crippen LogP) is 3.36. The summed E-state index contributed by atoms with van der Waals surface area (Å²) in [6.45, 7) is 2.56. The van der Waals surface area contributed by atoms with Gasteiger partial charge in [-0.25, -0.2) is 4.79 Å². The Morgan fingerprint density at radius 1 is 1.43 bits per heavy atom. The average molecular weight is 308 g/mol. The third-order valence-corrected chi connectivity index (χ3v) is 2.86. The number of nitrogens with one attached hydrogen (secondary N) is 1. The first-order valence-electron chi connectivity index (χ1n) is 6.35. The van der Waals surface area contributed by atoms with Gasteiger partial charge < -0.3 is 15.2 Å². The van der Waals surface area contributed by atoms with Crippen molar-refractivity contribution in [2.75, 3.05) is 11.9 Å². The van der Waals surface area contributed by atoms with E-state index < -0.39 is 5.97 Å². The molecule has 0 aliphatic carbocycles. The van der Waals surface area contributed by atoms with Crippen LogP contribution in [0.1, 0.15) is 23.7 Å². The number of aromatic carboxylic acids is 1. The minimum absolute atomic E-state index is 0.122. The van der Waals surface area contributed by atoms with Crippen molar-refractivity contribution < 1.29 is 14.6 Å². The third kappa shape index (κ3) is 4.06. The molecule has 0 unspecified atom stereocenters. The third-order valence-electron chi connectivity index (χ3n) is 2.55. The molecule has 0 atom stereocenters. The number of benzene rings is 1. The van der Waals surface area contributed by atoms with Crippen molar-refractivity contribution in [1.82, 2.24) is 9.97 Å². The molecule has 0 aliphatic heterocycles. The number of rotatable bonds is 6. The van der Waals surface area contributed by atoms with Gasteiger partial charge in [0.25, 0.3) is 0 Å². The Morgan fingerprint density at radius 3 is 2.90 bits per heavy atom. The molecule has 7 heteroatoms. The lowest BCUT2D eigenvalue weighted by Crippen LogP contribution is -2.02. The average Bonchev–Trinajstić information content (AvgIpc) is 2.47. The summed E-state index contributed by atoms with van der Waals surface area (Å²) in [6.07, 6.45) is 3.93. The Labute approximate surface area is 126 Å². The SMILES string of the molecule is CCCOc1cncc(Nc2ccc(C(=O)O)cc2Cl)n1. The molecule has 6 nitrogen and oxygen atoms in total. The summed E-state index contributed by atoms with van der Waals surface area (Å²) in [4.78, 5) is 19.1. The number of carbonyl (C=O) groups is 1. The second kappa shape index (κ2) is 6.90. The summed E-state index contributed by atoms with van der Waals surface area (Å²) in [5.41, 5.74) is 0.667. The molecule has 0 spiro atoms. The number of nitrogens with zero attached hydrogens (tertiary/aromatic N) is 2. The fourth-order valence-corrected chi connectivity index (χ4v) is 1.80. The van der Waals surface area contributed by atoms with E-state index in [2.05, 4.69) is 15.3 Å². The molecular weight excluding hydrogens is 294 g/mol. The maximum atomic E-state index is 10.8. The lowest BCUT2D eigenvalue weighted by atomic mass is 10.2. The normalized spacial score (nSPS) is 10.2. The standard InChI is InChI=1S/C14H14ClN3O3/c1-2-5-21-13-8-16-7-12(18-13)17-11-4-3-9(14(19)20)6-10(11)15/h3-4,6-8H,2,5H2,1H3,(H,17,18)(H,19,20). The van der Waals surface area contributed by atoms with E-state index >= 15 is 0 Å². The highest BCUT2D eigenvalue weighted by Crippen LogP contribution is 2.26. The molecule has 1 aromatic carbocycles. The van der Waals surface area contributed by atoms with Gasteiger partial charge in [-0.3, -0.25) is 4.98 Å². The van der Waals surface area contributed by atoms with Crippen LogP contribution in [-0.4, -0.2) is 27.7 Å². The van der Waals surface area contributed by atoms with Crippen molar-refractivity contribution in [2.45, 2.75) is 13.3 Å². The van der Waals surface area contributed by atoms with Gasteiger partial charge in [0.1, 0.15) is 0 Å². The first kappa shape index (κ1) is 15.1. The van der Waals surface area contributed by atoms with Gasteiger partial charge in [0.05, 0.1) is 35.3 Å². The van der Waals surface area contributed by atoms with Gasteiger partial charge in [0, 0.05) is 0 Å². The molecule has 1 aromatic heterocycles. The van der Waals surface area contributed by atoms with Crippen molar-refractivity contribution in [1.29, 1.82) is 0 Å². The van der Waals surface area contributed by atoms with Gasteiger partial charge in [0.15, 0.2) is 5.82 Å². The van der Waals surface area contributed by atoms with Crippen LogP contribution in [-0.2, 0) is 0 Å². The largest absolute Gasteiger partial charge is 0.478 e. The second-order valence-corrected chi connectivity index (χ2v) is 4.62. The summed E-state index contributed by atoms with van der Waals surface area (Å²) in [5, 5.41) is 12.2. The van der Waals surface area contributed by atoms with E-state index in [-0.39, 0.29) is 10.6 Å². The molecule has 0 bridgehead atoms. The maximum absolute atomic E-state index is 10.8. The Kier molecular flexibility index (Phi) is 4.94. The van der Waals surface area contributed by atoms with Crippen LogP contribution in [0.4, 0.5) is 11.5 Å². The van der Waals surface area contributed by atoms with E-state index in [4.69, 9.17) is 21.4 Å². The molecule has 0 radical (unpaired) electrons. The molecule has 0 amide bonds. The minimum atomic E-state index is -1.03. The lowest BCUT2D eigenvalue weighted by molar-refractivity contribution is 0.0697. The first-order valence-corrected chi connectivity index (χ1v) is 6.72. The lowest BCUT2D eigenvalue weighted by Gasteiger charge is -2.09. The molecule has 1 heterocycles. The molecule has 0 saturated heterocycles. The second-order valence-electron chi connectivity index (χ2n) is 4.22. The smallest absolute Gasteiger partial charge is 0.335 e. The Bertz CT molecular complexity index is 649. The molecule has 21 heavy (non-hydrogen) atoms. The van der Waals surface area contributed by atoms with Crippen LogP contribution in [0.2, 0.25) is 5.02 Å².